The van der Waals surface area contributed by atoms with Crippen molar-refractivity contribution in [3.63, 3.8) is 0 Å². The van der Waals surface area contributed by atoms with Gasteiger partial charge < -0.3 is 0 Å². The lowest BCUT2D eigenvalue weighted by molar-refractivity contribution is -0.137. The SMILES string of the molecule is CSc1ccc(C2CC(=O)N(c3ccccc3C(F)(F)F)C3=C2C(=O)CC(C)(C)C3)cc1. The summed E-state index contributed by atoms with van der Waals surface area (Å²) in [6.07, 6.45) is -2.05. The fraction of sp³-hybridized carbons (Fsp3) is 0.360. The first-order valence-corrected chi connectivity index (χ1v) is 11.6. The number of nitrogens with zero attached hydrogens (tertiary/aromatic N) is 1. The van der Waals surface area contributed by atoms with Gasteiger partial charge in [-0.05, 0) is 47.9 Å². The minimum atomic E-state index is -4.61. The van der Waals surface area contributed by atoms with E-state index in [9.17, 15) is 22.8 Å². The van der Waals surface area contributed by atoms with E-state index in [1.54, 1.807) is 11.8 Å². The van der Waals surface area contributed by atoms with E-state index in [1.165, 1.54) is 18.2 Å². The Bertz CT molecular complexity index is 1100. The van der Waals surface area contributed by atoms with Crippen molar-refractivity contribution in [1.29, 1.82) is 0 Å². The predicted octanol–water partition coefficient (Wildman–Crippen LogP) is 6.59. The van der Waals surface area contributed by atoms with E-state index in [2.05, 4.69) is 0 Å². The highest BCUT2D eigenvalue weighted by molar-refractivity contribution is 7.98. The summed E-state index contributed by atoms with van der Waals surface area (Å²) < 4.78 is 41.3. The first-order chi connectivity index (χ1) is 15.0. The number of amides is 1. The van der Waals surface area contributed by atoms with Crippen molar-refractivity contribution in [1.82, 2.24) is 0 Å². The molecule has 1 amide bonds. The number of rotatable bonds is 3. The lowest BCUT2D eigenvalue weighted by Gasteiger charge is -2.43. The minimum absolute atomic E-state index is 0.0458. The summed E-state index contributed by atoms with van der Waals surface area (Å²) in [5.41, 5.74) is 0.168. The van der Waals surface area contributed by atoms with Crippen LogP contribution in [0.2, 0.25) is 0 Å². The molecule has 1 atom stereocenters. The number of allylic oxidation sites excluding steroid dienone is 2. The summed E-state index contributed by atoms with van der Waals surface area (Å²) in [7, 11) is 0. The van der Waals surface area contributed by atoms with E-state index >= 15 is 0 Å². The maximum absolute atomic E-state index is 13.8. The third-order valence-corrected chi connectivity index (χ3v) is 6.86. The number of halogens is 3. The summed E-state index contributed by atoms with van der Waals surface area (Å²) in [6, 6.07) is 12.8. The Morgan fingerprint density at radius 3 is 2.28 bits per heavy atom. The number of anilines is 1. The topological polar surface area (TPSA) is 37.4 Å². The average molecular weight is 460 g/mol. The Morgan fingerprint density at radius 2 is 1.66 bits per heavy atom. The maximum Gasteiger partial charge on any atom is 0.418 e. The van der Waals surface area contributed by atoms with E-state index < -0.39 is 29.0 Å². The molecule has 0 fully saturated rings. The van der Waals surface area contributed by atoms with Crippen LogP contribution in [-0.4, -0.2) is 17.9 Å². The highest BCUT2D eigenvalue weighted by Gasteiger charge is 2.46. The molecule has 32 heavy (non-hydrogen) atoms. The maximum atomic E-state index is 13.8. The molecule has 7 heteroatoms. The molecule has 0 N–H and O–H groups in total. The van der Waals surface area contributed by atoms with Crippen LogP contribution >= 0.6 is 11.8 Å². The fourth-order valence-electron chi connectivity index (χ4n) is 4.72. The van der Waals surface area contributed by atoms with Crippen LogP contribution < -0.4 is 4.90 Å². The second kappa shape index (κ2) is 8.10. The van der Waals surface area contributed by atoms with Gasteiger partial charge in [-0.1, -0.05) is 38.1 Å². The molecule has 4 rings (SSSR count). The molecule has 0 spiro atoms. The van der Waals surface area contributed by atoms with Gasteiger partial charge in [0.05, 0.1) is 11.3 Å². The number of Topliss-reactive ketones (excluding diaryl/α,β-unsaturated/α-hetero) is 1. The molecule has 3 nitrogen and oxygen atoms in total. The minimum Gasteiger partial charge on any atom is -0.294 e. The number of alkyl halides is 3. The van der Waals surface area contributed by atoms with Crippen molar-refractivity contribution in [2.75, 3.05) is 11.2 Å². The van der Waals surface area contributed by atoms with Gasteiger partial charge in [0.25, 0.3) is 0 Å². The smallest absolute Gasteiger partial charge is 0.294 e. The van der Waals surface area contributed by atoms with Gasteiger partial charge >= 0.3 is 6.18 Å². The fourth-order valence-corrected chi connectivity index (χ4v) is 5.13. The Morgan fingerprint density at radius 1 is 1.00 bits per heavy atom. The van der Waals surface area contributed by atoms with Gasteiger partial charge in [0.15, 0.2) is 5.78 Å². The van der Waals surface area contributed by atoms with Crippen LogP contribution in [0.3, 0.4) is 0 Å². The molecule has 0 radical (unpaired) electrons. The lowest BCUT2D eigenvalue weighted by atomic mass is 9.69. The second-order valence-corrected chi connectivity index (χ2v) is 9.95. The first kappa shape index (κ1) is 22.6. The monoisotopic (exact) mass is 459 g/mol. The predicted molar refractivity (Wildman–Crippen MR) is 120 cm³/mol. The van der Waals surface area contributed by atoms with Gasteiger partial charge in [0, 0.05) is 34.9 Å². The van der Waals surface area contributed by atoms with E-state index in [0.717, 1.165) is 21.4 Å². The Labute approximate surface area is 189 Å². The summed E-state index contributed by atoms with van der Waals surface area (Å²) in [5, 5.41) is 0. The molecule has 2 aliphatic rings. The second-order valence-electron chi connectivity index (χ2n) is 9.08. The molecular weight excluding hydrogens is 435 g/mol. The zero-order valence-electron chi connectivity index (χ0n) is 18.1. The van der Waals surface area contributed by atoms with Crippen molar-refractivity contribution < 1.29 is 22.8 Å². The van der Waals surface area contributed by atoms with Crippen molar-refractivity contribution in [2.45, 2.75) is 50.1 Å². The van der Waals surface area contributed by atoms with E-state index in [0.29, 0.717) is 24.1 Å². The summed E-state index contributed by atoms with van der Waals surface area (Å²) in [5.74, 6) is -0.978. The van der Waals surface area contributed by atoms with Gasteiger partial charge in [-0.25, -0.2) is 0 Å². The highest BCUT2D eigenvalue weighted by atomic mass is 32.2. The van der Waals surface area contributed by atoms with E-state index in [-0.39, 0.29) is 17.9 Å². The summed E-state index contributed by atoms with van der Waals surface area (Å²) in [6.45, 7) is 3.81. The van der Waals surface area contributed by atoms with Crippen molar-refractivity contribution >= 4 is 29.1 Å². The molecule has 2 aromatic carbocycles. The normalized spacial score (nSPS) is 21.1. The molecule has 0 saturated carbocycles. The third-order valence-electron chi connectivity index (χ3n) is 6.11. The van der Waals surface area contributed by atoms with Crippen molar-refractivity contribution in [3.8, 4) is 0 Å². The lowest BCUT2D eigenvalue weighted by Crippen LogP contribution is -2.44. The van der Waals surface area contributed by atoms with E-state index in [4.69, 9.17) is 0 Å². The number of hydrogen-bond donors (Lipinski definition) is 0. The van der Waals surface area contributed by atoms with Crippen molar-refractivity contribution in [3.05, 3.63) is 70.9 Å². The molecule has 2 aromatic rings. The van der Waals surface area contributed by atoms with Gasteiger partial charge in [0.2, 0.25) is 5.91 Å². The van der Waals surface area contributed by atoms with Crippen LogP contribution in [0, 0.1) is 5.41 Å². The van der Waals surface area contributed by atoms with Gasteiger partial charge in [0.1, 0.15) is 0 Å². The number of para-hydroxylation sites is 1. The molecule has 168 valence electrons. The van der Waals surface area contributed by atoms with Gasteiger partial charge in [-0.3, -0.25) is 14.5 Å². The van der Waals surface area contributed by atoms with E-state index in [1.807, 2.05) is 44.4 Å². The van der Waals surface area contributed by atoms with Crippen LogP contribution in [0.4, 0.5) is 18.9 Å². The van der Waals surface area contributed by atoms with Gasteiger partial charge in [-0.15, -0.1) is 11.8 Å². The Balaban J connectivity index is 1.91. The molecule has 1 aliphatic carbocycles. The summed E-state index contributed by atoms with van der Waals surface area (Å²) >= 11 is 1.59. The van der Waals surface area contributed by atoms with Gasteiger partial charge in [-0.2, -0.15) is 13.2 Å². The number of hydrogen-bond acceptors (Lipinski definition) is 3. The first-order valence-electron chi connectivity index (χ1n) is 10.4. The Hall–Kier alpha value is -2.54. The third kappa shape index (κ3) is 4.10. The molecule has 0 saturated heterocycles. The number of carbonyl (C=O) groups is 2. The molecule has 1 heterocycles. The average Bonchev–Trinajstić information content (AvgIpc) is 2.71. The van der Waals surface area contributed by atoms with Crippen molar-refractivity contribution in [2.24, 2.45) is 5.41 Å². The summed E-state index contributed by atoms with van der Waals surface area (Å²) in [4.78, 5) is 28.9. The standard InChI is InChI=1S/C25H24F3NO2S/c1-24(2)13-20-23(21(30)14-24)17(15-8-10-16(32-3)11-9-15)12-22(31)29(20)19-7-5-4-6-18(19)25(26,27)28/h4-11,17H,12-14H2,1-3H3. The van der Waals surface area contributed by atoms with Crippen LogP contribution in [-0.2, 0) is 15.8 Å². The number of thioether (sulfide) groups is 1. The largest absolute Gasteiger partial charge is 0.418 e. The molecule has 0 aromatic heterocycles. The number of carbonyl (C=O) groups excluding carboxylic acids is 2. The zero-order valence-corrected chi connectivity index (χ0v) is 18.9. The van der Waals surface area contributed by atoms with Crippen LogP contribution in [0.25, 0.3) is 0 Å². The number of ketones is 1. The zero-order chi connectivity index (χ0) is 23.3. The van der Waals surface area contributed by atoms with Crippen LogP contribution in [0.5, 0.6) is 0 Å². The molecule has 1 aliphatic heterocycles. The quantitative estimate of drug-likeness (QED) is 0.486. The highest BCUT2D eigenvalue weighted by Crippen LogP contribution is 2.49. The molecule has 1 unspecified atom stereocenters. The molecule has 0 bridgehead atoms. The Kier molecular flexibility index (Phi) is 5.74. The number of benzene rings is 2. The van der Waals surface area contributed by atoms with Crippen LogP contribution in [0.1, 0.15) is 50.2 Å². The molecular formula is C25H24F3NO2S. The van der Waals surface area contributed by atoms with Crippen LogP contribution in [0.15, 0.2) is 64.7 Å².